The van der Waals surface area contributed by atoms with E-state index in [1.165, 1.54) is 22.3 Å². The molecule has 0 saturated carbocycles. The largest absolute Gasteiger partial charge is 0.473 e. The zero-order chi connectivity index (χ0) is 44.4. The summed E-state index contributed by atoms with van der Waals surface area (Å²) in [7, 11) is 1.64. The van der Waals surface area contributed by atoms with Crippen molar-refractivity contribution in [1.29, 1.82) is 0 Å². The number of anilines is 3. The molecule has 5 aromatic rings. The summed E-state index contributed by atoms with van der Waals surface area (Å²) in [5, 5.41) is 0. The zero-order valence-electron chi connectivity index (χ0n) is 38.8. The third-order valence-electron chi connectivity index (χ3n) is 11.9. The molecule has 0 fully saturated rings. The quantitative estimate of drug-likeness (QED) is 0.0498. The van der Waals surface area contributed by atoms with Crippen LogP contribution in [0.15, 0.2) is 97.1 Å². The molecular formula is C51H70N6O5. The molecule has 0 amide bonds. The summed E-state index contributed by atoms with van der Waals surface area (Å²) in [6.45, 7) is 21.0. The van der Waals surface area contributed by atoms with E-state index in [-0.39, 0.29) is 33.7 Å². The lowest BCUT2D eigenvalue weighted by Gasteiger charge is -2.28. The number of rotatable bonds is 26. The van der Waals surface area contributed by atoms with Gasteiger partial charge in [0, 0.05) is 13.7 Å². The molecular weight excluding hydrogens is 777 g/mol. The smallest absolute Gasteiger partial charge is 0.237 e. The van der Waals surface area contributed by atoms with Crippen molar-refractivity contribution >= 4 is 17.8 Å². The number of aromatic nitrogens is 3. The van der Waals surface area contributed by atoms with Crippen molar-refractivity contribution in [3.8, 4) is 23.0 Å². The molecule has 0 aliphatic rings. The molecule has 0 radical (unpaired) electrons. The maximum absolute atomic E-state index is 6.44. The SMILES string of the molecule is CCC(C)c1ccc(OCN(CC)c2nc(N(COC)COc3ccc(C(C)CC)cc3)nc(N(COc3ccc(C(C)CC)cc3)COc3ccc(C(C)CC)cc3)n2)cc1. The number of nitrogens with zero attached hydrogens (tertiary/aromatic N) is 6. The fourth-order valence-corrected chi connectivity index (χ4v) is 6.64. The number of hydrogen-bond acceptors (Lipinski definition) is 11. The molecule has 0 saturated heterocycles. The second-order valence-corrected chi connectivity index (χ2v) is 16.2. The Hall–Kier alpha value is -5.55. The highest BCUT2D eigenvalue weighted by Crippen LogP contribution is 2.27. The van der Waals surface area contributed by atoms with Crippen molar-refractivity contribution in [3.05, 3.63) is 119 Å². The predicted octanol–water partition coefficient (Wildman–Crippen LogP) is 12.1. The Bertz CT molecular complexity index is 1970. The summed E-state index contributed by atoms with van der Waals surface area (Å²) in [6.07, 6.45) is 4.27. The Morgan fingerprint density at radius 2 is 0.613 bits per heavy atom. The van der Waals surface area contributed by atoms with Crippen LogP contribution in [0.2, 0.25) is 0 Å². The number of hydrogen-bond donors (Lipinski definition) is 0. The highest BCUT2D eigenvalue weighted by atomic mass is 16.5. The van der Waals surface area contributed by atoms with E-state index in [0.29, 0.717) is 48.1 Å². The normalized spacial score (nSPS) is 13.1. The van der Waals surface area contributed by atoms with Crippen LogP contribution in [0, 0.1) is 0 Å². The monoisotopic (exact) mass is 847 g/mol. The Balaban J connectivity index is 1.50. The van der Waals surface area contributed by atoms with Crippen LogP contribution < -0.4 is 33.6 Å². The lowest BCUT2D eigenvalue weighted by Crippen LogP contribution is -2.37. The second-order valence-electron chi connectivity index (χ2n) is 16.2. The van der Waals surface area contributed by atoms with E-state index in [1.54, 1.807) is 7.11 Å². The van der Waals surface area contributed by atoms with E-state index in [9.17, 15) is 0 Å². The first-order valence-corrected chi connectivity index (χ1v) is 22.5. The van der Waals surface area contributed by atoms with Crippen LogP contribution in [0.1, 0.15) is 134 Å². The van der Waals surface area contributed by atoms with Gasteiger partial charge < -0.3 is 28.6 Å². The van der Waals surface area contributed by atoms with Crippen LogP contribution in [-0.4, -0.2) is 62.3 Å². The van der Waals surface area contributed by atoms with Gasteiger partial charge in [-0.1, -0.05) is 104 Å². The maximum atomic E-state index is 6.44. The third kappa shape index (κ3) is 13.5. The summed E-state index contributed by atoms with van der Waals surface area (Å²) in [5.41, 5.74) is 5.10. The average Bonchev–Trinajstić information content (AvgIpc) is 3.32. The Labute approximate surface area is 371 Å². The van der Waals surface area contributed by atoms with E-state index in [2.05, 4.69) is 104 Å². The molecule has 11 nitrogen and oxygen atoms in total. The summed E-state index contributed by atoms with van der Waals surface area (Å²) >= 11 is 0. The first kappa shape index (κ1) is 47.5. The van der Waals surface area contributed by atoms with Crippen LogP contribution in [0.4, 0.5) is 17.8 Å². The molecule has 1 heterocycles. The molecule has 0 bridgehead atoms. The second kappa shape index (κ2) is 24.2. The van der Waals surface area contributed by atoms with E-state index in [1.807, 2.05) is 70.2 Å². The third-order valence-corrected chi connectivity index (χ3v) is 11.9. The summed E-state index contributed by atoms with van der Waals surface area (Å²) in [6, 6.07) is 33.1. The van der Waals surface area contributed by atoms with Gasteiger partial charge in [0.2, 0.25) is 17.8 Å². The van der Waals surface area contributed by atoms with Gasteiger partial charge in [-0.2, -0.15) is 15.0 Å². The number of methoxy groups -OCH3 is 1. The first-order chi connectivity index (χ1) is 30.1. The summed E-state index contributed by atoms with van der Waals surface area (Å²) in [5.74, 6) is 5.95. The van der Waals surface area contributed by atoms with Crippen LogP contribution >= 0.6 is 0 Å². The molecule has 4 unspecified atom stereocenters. The minimum Gasteiger partial charge on any atom is -0.473 e. The van der Waals surface area contributed by atoms with Gasteiger partial charge in [-0.3, -0.25) is 9.80 Å². The Morgan fingerprint density at radius 3 is 0.855 bits per heavy atom. The lowest BCUT2D eigenvalue weighted by atomic mass is 9.99. The number of ether oxygens (including phenoxy) is 5. The molecule has 5 rings (SSSR count). The van der Waals surface area contributed by atoms with Crippen molar-refractivity contribution in [2.24, 2.45) is 0 Å². The summed E-state index contributed by atoms with van der Waals surface area (Å²) in [4.78, 5) is 20.8. The van der Waals surface area contributed by atoms with Gasteiger partial charge in [-0.15, -0.1) is 0 Å². The molecule has 0 aliphatic heterocycles. The molecule has 4 atom stereocenters. The minimum absolute atomic E-state index is 0.102. The highest BCUT2D eigenvalue weighted by molar-refractivity contribution is 5.47. The van der Waals surface area contributed by atoms with Crippen LogP contribution in [0.5, 0.6) is 23.0 Å². The van der Waals surface area contributed by atoms with Crippen LogP contribution in [-0.2, 0) is 4.74 Å². The molecule has 62 heavy (non-hydrogen) atoms. The Morgan fingerprint density at radius 1 is 0.371 bits per heavy atom. The Kier molecular flexibility index (Phi) is 18.5. The molecule has 334 valence electrons. The van der Waals surface area contributed by atoms with Crippen molar-refractivity contribution in [1.82, 2.24) is 15.0 Å². The van der Waals surface area contributed by atoms with Crippen molar-refractivity contribution < 1.29 is 23.7 Å². The van der Waals surface area contributed by atoms with E-state index in [0.717, 1.165) is 48.7 Å². The van der Waals surface area contributed by atoms with E-state index >= 15 is 0 Å². The van der Waals surface area contributed by atoms with Gasteiger partial charge in [0.25, 0.3) is 0 Å². The molecule has 11 heteroatoms. The van der Waals surface area contributed by atoms with Gasteiger partial charge in [-0.25, -0.2) is 0 Å². The van der Waals surface area contributed by atoms with Crippen LogP contribution in [0.3, 0.4) is 0 Å². The van der Waals surface area contributed by atoms with Gasteiger partial charge in [0.05, 0.1) is 0 Å². The molecule has 0 spiro atoms. The lowest BCUT2D eigenvalue weighted by molar-refractivity contribution is 0.172. The van der Waals surface area contributed by atoms with Crippen molar-refractivity contribution in [2.45, 2.75) is 112 Å². The standard InChI is InChI=1S/C51H70N6O5/c1-11-37(6)41-16-24-45(25-17-41)59-33-55(15-5)49-52-50(56(32-58-10)34-60-46-26-18-42(19-27-46)38(7)12-2)54-51(53-49)57(35-61-47-28-20-43(21-29-47)39(8)13-3)36-62-48-30-22-44(23-31-48)40(9)14-4/h16-31,37-40H,11-15,32-36H2,1-10H3. The predicted molar refractivity (Wildman–Crippen MR) is 252 cm³/mol. The van der Waals surface area contributed by atoms with Crippen molar-refractivity contribution in [2.75, 3.05) is 62.0 Å². The van der Waals surface area contributed by atoms with E-state index in [4.69, 9.17) is 38.6 Å². The molecule has 0 aliphatic carbocycles. The number of benzene rings is 4. The highest BCUT2D eigenvalue weighted by Gasteiger charge is 2.22. The van der Waals surface area contributed by atoms with Gasteiger partial charge >= 0.3 is 0 Å². The first-order valence-electron chi connectivity index (χ1n) is 22.5. The fourth-order valence-electron chi connectivity index (χ4n) is 6.64. The van der Waals surface area contributed by atoms with Gasteiger partial charge in [0.1, 0.15) is 29.7 Å². The average molecular weight is 847 g/mol. The molecule has 0 N–H and O–H groups in total. The molecule has 4 aromatic carbocycles. The van der Waals surface area contributed by atoms with Crippen molar-refractivity contribution in [3.63, 3.8) is 0 Å². The minimum atomic E-state index is 0.102. The van der Waals surface area contributed by atoms with Gasteiger partial charge in [0.15, 0.2) is 26.9 Å². The summed E-state index contributed by atoms with van der Waals surface area (Å²) < 4.78 is 31.3. The fraction of sp³-hybridized carbons (Fsp3) is 0.471. The molecule has 1 aromatic heterocycles. The maximum Gasteiger partial charge on any atom is 0.237 e. The topological polar surface area (TPSA) is 94.5 Å². The van der Waals surface area contributed by atoms with Crippen LogP contribution in [0.25, 0.3) is 0 Å². The van der Waals surface area contributed by atoms with Gasteiger partial charge in [-0.05, 0) is 127 Å². The zero-order valence-corrected chi connectivity index (χ0v) is 38.8. The van der Waals surface area contributed by atoms with E-state index < -0.39 is 0 Å².